The van der Waals surface area contributed by atoms with Crippen LogP contribution in [0, 0.1) is 5.92 Å². The van der Waals surface area contributed by atoms with Crippen molar-refractivity contribution < 1.29 is 4.42 Å². The minimum Gasteiger partial charge on any atom is -0.472 e. The van der Waals surface area contributed by atoms with Crippen molar-refractivity contribution in [3.05, 3.63) is 60.2 Å². The Labute approximate surface area is 83.6 Å². The summed E-state index contributed by atoms with van der Waals surface area (Å²) in [6.45, 7) is 2.10. The lowest BCUT2D eigenvalue weighted by molar-refractivity contribution is 0.564. The molecule has 0 N–H and O–H groups in total. The molecule has 14 heavy (non-hydrogen) atoms. The predicted molar refractivity (Wildman–Crippen MR) is 54.7 cm³/mol. The maximum absolute atomic E-state index is 5.03. The van der Waals surface area contributed by atoms with Gasteiger partial charge in [-0.15, -0.1) is 0 Å². The van der Waals surface area contributed by atoms with Gasteiger partial charge in [0.05, 0.1) is 12.5 Å². The lowest BCUT2D eigenvalue weighted by Gasteiger charge is -2.06. The highest BCUT2D eigenvalue weighted by Gasteiger charge is 2.08. The van der Waals surface area contributed by atoms with Gasteiger partial charge in [0, 0.05) is 24.2 Å². The predicted octanol–water partition coefficient (Wildman–Crippen LogP) is 2.86. The zero-order chi connectivity index (χ0) is 9.80. The smallest absolute Gasteiger partial charge is 0.0940 e. The van der Waals surface area contributed by atoms with Crippen LogP contribution in [0.25, 0.3) is 0 Å². The van der Waals surface area contributed by atoms with Gasteiger partial charge in [-0.25, -0.2) is 0 Å². The molecule has 0 fully saturated rings. The van der Waals surface area contributed by atoms with Crippen molar-refractivity contribution in [3.8, 4) is 0 Å². The van der Waals surface area contributed by atoms with E-state index >= 15 is 0 Å². The molecule has 0 aliphatic rings. The van der Waals surface area contributed by atoms with Crippen molar-refractivity contribution >= 4 is 0 Å². The van der Waals surface area contributed by atoms with Gasteiger partial charge < -0.3 is 4.42 Å². The van der Waals surface area contributed by atoms with Crippen LogP contribution >= 0.6 is 0 Å². The van der Waals surface area contributed by atoms with Gasteiger partial charge in [-0.05, 0) is 23.8 Å². The SMILES string of the molecule is C[C](Cc1ccccn1)c1ccoc1. The summed E-state index contributed by atoms with van der Waals surface area (Å²) in [5, 5.41) is 0. The van der Waals surface area contributed by atoms with Crippen LogP contribution in [0.3, 0.4) is 0 Å². The quantitative estimate of drug-likeness (QED) is 0.736. The highest BCUT2D eigenvalue weighted by Crippen LogP contribution is 2.18. The van der Waals surface area contributed by atoms with Crippen LogP contribution in [0.4, 0.5) is 0 Å². The van der Waals surface area contributed by atoms with E-state index in [1.807, 2.05) is 30.5 Å². The summed E-state index contributed by atoms with van der Waals surface area (Å²) in [7, 11) is 0. The Balaban J connectivity index is 2.06. The molecule has 2 heteroatoms. The van der Waals surface area contributed by atoms with E-state index < -0.39 is 0 Å². The lowest BCUT2D eigenvalue weighted by atomic mass is 9.99. The highest BCUT2D eigenvalue weighted by atomic mass is 16.3. The molecule has 2 nitrogen and oxygen atoms in total. The maximum Gasteiger partial charge on any atom is 0.0940 e. The topological polar surface area (TPSA) is 26.0 Å². The molecule has 0 saturated carbocycles. The fourth-order valence-corrected chi connectivity index (χ4v) is 1.38. The van der Waals surface area contributed by atoms with Crippen molar-refractivity contribution in [2.45, 2.75) is 13.3 Å². The summed E-state index contributed by atoms with van der Waals surface area (Å²) < 4.78 is 5.03. The average Bonchev–Trinajstić information content (AvgIpc) is 2.72. The minimum absolute atomic E-state index is 0.875. The van der Waals surface area contributed by atoms with E-state index in [0.717, 1.165) is 17.7 Å². The Morgan fingerprint density at radius 3 is 2.93 bits per heavy atom. The fourth-order valence-electron chi connectivity index (χ4n) is 1.38. The van der Waals surface area contributed by atoms with E-state index in [9.17, 15) is 0 Å². The fraction of sp³-hybridized carbons (Fsp3) is 0.167. The summed E-state index contributed by atoms with van der Waals surface area (Å²) in [6, 6.07) is 7.93. The Morgan fingerprint density at radius 2 is 2.29 bits per heavy atom. The van der Waals surface area contributed by atoms with Gasteiger partial charge >= 0.3 is 0 Å². The third kappa shape index (κ3) is 2.02. The van der Waals surface area contributed by atoms with Crippen LogP contribution in [-0.2, 0) is 6.42 Å². The number of nitrogens with zero attached hydrogens (tertiary/aromatic N) is 1. The van der Waals surface area contributed by atoms with Gasteiger partial charge in [-0.1, -0.05) is 13.0 Å². The van der Waals surface area contributed by atoms with Gasteiger partial charge in [0.2, 0.25) is 0 Å². The maximum atomic E-state index is 5.03. The number of aromatic nitrogens is 1. The zero-order valence-electron chi connectivity index (χ0n) is 8.10. The second-order valence-corrected chi connectivity index (χ2v) is 3.29. The van der Waals surface area contributed by atoms with Crippen LogP contribution in [0.5, 0.6) is 0 Å². The third-order valence-corrected chi connectivity index (χ3v) is 2.19. The Morgan fingerprint density at radius 1 is 1.36 bits per heavy atom. The Kier molecular flexibility index (Phi) is 2.63. The summed E-state index contributed by atoms with van der Waals surface area (Å²) in [5.41, 5.74) is 2.24. The van der Waals surface area contributed by atoms with E-state index in [1.165, 1.54) is 5.92 Å². The van der Waals surface area contributed by atoms with E-state index in [1.54, 1.807) is 12.5 Å². The molecule has 0 amide bonds. The molecule has 1 radical (unpaired) electrons. The van der Waals surface area contributed by atoms with Crippen molar-refractivity contribution in [1.29, 1.82) is 0 Å². The summed E-state index contributed by atoms with van der Waals surface area (Å²) >= 11 is 0. The molecule has 2 rings (SSSR count). The van der Waals surface area contributed by atoms with E-state index in [4.69, 9.17) is 4.42 Å². The van der Waals surface area contributed by atoms with Crippen LogP contribution in [0.2, 0.25) is 0 Å². The van der Waals surface area contributed by atoms with Gasteiger partial charge in [0.25, 0.3) is 0 Å². The molecule has 0 unspecified atom stereocenters. The number of furan rings is 1. The first kappa shape index (κ1) is 9.00. The van der Waals surface area contributed by atoms with Crippen molar-refractivity contribution in [1.82, 2.24) is 4.98 Å². The van der Waals surface area contributed by atoms with Crippen LogP contribution < -0.4 is 0 Å². The number of hydrogen-bond acceptors (Lipinski definition) is 2. The highest BCUT2D eigenvalue weighted by molar-refractivity contribution is 5.27. The normalized spacial score (nSPS) is 10.7. The molecule has 2 heterocycles. The molecule has 2 aromatic rings. The average molecular weight is 186 g/mol. The molecule has 0 aliphatic heterocycles. The molecular weight excluding hydrogens is 174 g/mol. The standard InChI is InChI=1S/C12H12NO/c1-10(11-5-7-14-9-11)8-12-4-2-3-6-13-12/h2-7,9H,8H2,1H3. The van der Waals surface area contributed by atoms with Crippen molar-refractivity contribution in [3.63, 3.8) is 0 Å². The van der Waals surface area contributed by atoms with Gasteiger partial charge in [-0.2, -0.15) is 0 Å². The van der Waals surface area contributed by atoms with Gasteiger partial charge in [-0.3, -0.25) is 4.98 Å². The van der Waals surface area contributed by atoms with Crippen LogP contribution in [0.15, 0.2) is 47.4 Å². The van der Waals surface area contributed by atoms with Crippen molar-refractivity contribution in [2.24, 2.45) is 0 Å². The molecular formula is C12H12NO. The molecule has 0 saturated heterocycles. The van der Waals surface area contributed by atoms with E-state index in [2.05, 4.69) is 11.9 Å². The number of rotatable bonds is 3. The molecule has 0 aliphatic carbocycles. The second-order valence-electron chi connectivity index (χ2n) is 3.29. The molecule has 0 atom stereocenters. The van der Waals surface area contributed by atoms with E-state index in [-0.39, 0.29) is 0 Å². The Bertz CT molecular complexity index is 366. The first-order chi connectivity index (χ1) is 6.86. The Hall–Kier alpha value is -1.57. The largest absolute Gasteiger partial charge is 0.472 e. The van der Waals surface area contributed by atoms with Crippen LogP contribution in [0.1, 0.15) is 18.2 Å². The lowest BCUT2D eigenvalue weighted by Crippen LogP contribution is -1.99. The van der Waals surface area contributed by atoms with Gasteiger partial charge in [0.1, 0.15) is 0 Å². The summed E-state index contributed by atoms with van der Waals surface area (Å²) in [5.74, 6) is 1.28. The van der Waals surface area contributed by atoms with Crippen molar-refractivity contribution in [2.75, 3.05) is 0 Å². The van der Waals surface area contributed by atoms with Gasteiger partial charge in [0.15, 0.2) is 0 Å². The van der Waals surface area contributed by atoms with Crippen LogP contribution in [-0.4, -0.2) is 4.98 Å². The molecule has 0 aromatic carbocycles. The zero-order valence-corrected chi connectivity index (χ0v) is 8.10. The monoisotopic (exact) mass is 186 g/mol. The minimum atomic E-state index is 0.875. The molecule has 2 aromatic heterocycles. The molecule has 0 spiro atoms. The third-order valence-electron chi connectivity index (χ3n) is 2.19. The number of hydrogen-bond donors (Lipinski definition) is 0. The summed E-state index contributed by atoms with van der Waals surface area (Å²) in [4.78, 5) is 4.28. The molecule has 71 valence electrons. The van der Waals surface area contributed by atoms with E-state index in [0.29, 0.717) is 0 Å². The first-order valence-corrected chi connectivity index (χ1v) is 4.61. The number of pyridine rings is 1. The first-order valence-electron chi connectivity index (χ1n) is 4.61. The summed E-state index contributed by atoms with van der Waals surface area (Å²) in [6.07, 6.45) is 6.15. The molecule has 0 bridgehead atoms. The second kappa shape index (κ2) is 4.09.